The number of nitrogens with one attached hydrogen (secondary N) is 1. The van der Waals surface area contributed by atoms with Crippen molar-refractivity contribution in [2.24, 2.45) is 7.05 Å². The molecule has 2 aromatic rings. The van der Waals surface area contributed by atoms with Gasteiger partial charge in [0.25, 0.3) is 11.5 Å². The van der Waals surface area contributed by atoms with Gasteiger partial charge in [0.1, 0.15) is 11.6 Å². The summed E-state index contributed by atoms with van der Waals surface area (Å²) in [6.07, 6.45) is 4.55. The Bertz CT molecular complexity index is 853. The van der Waals surface area contributed by atoms with E-state index >= 15 is 0 Å². The molecule has 1 unspecified atom stereocenters. The van der Waals surface area contributed by atoms with E-state index in [1.807, 2.05) is 0 Å². The number of benzene rings is 1. The quantitative estimate of drug-likeness (QED) is 0.912. The molecule has 0 aliphatic carbocycles. The second kappa shape index (κ2) is 7.00. The Morgan fingerprint density at radius 2 is 2.16 bits per heavy atom. The summed E-state index contributed by atoms with van der Waals surface area (Å²) in [6.45, 7) is 1.03. The van der Waals surface area contributed by atoms with Gasteiger partial charge in [-0.25, -0.2) is 13.8 Å². The van der Waals surface area contributed by atoms with Gasteiger partial charge in [-0.3, -0.25) is 9.59 Å². The topological polar surface area (TPSA) is 67.2 Å². The Kier molecular flexibility index (Phi) is 4.78. The molecular weight excluding hydrogens is 330 g/mol. The molecule has 0 saturated carbocycles. The first-order valence-corrected chi connectivity index (χ1v) is 7.98. The number of nitrogens with zero attached hydrogens (tertiary/aromatic N) is 3. The molecule has 0 spiro atoms. The molecule has 0 radical (unpaired) electrons. The van der Waals surface area contributed by atoms with Gasteiger partial charge < -0.3 is 14.8 Å². The minimum Gasteiger partial charge on any atom is -0.350 e. The highest BCUT2D eigenvalue weighted by atomic mass is 19.1. The highest BCUT2D eigenvalue weighted by molar-refractivity contribution is 5.94. The molecule has 1 fully saturated rings. The summed E-state index contributed by atoms with van der Waals surface area (Å²) >= 11 is 0. The van der Waals surface area contributed by atoms with Gasteiger partial charge in [-0.1, -0.05) is 0 Å². The highest BCUT2D eigenvalue weighted by Gasteiger charge is 2.25. The van der Waals surface area contributed by atoms with Crippen LogP contribution in [-0.2, 0) is 7.05 Å². The molecule has 3 rings (SSSR count). The second-order valence-electron chi connectivity index (χ2n) is 6.05. The van der Waals surface area contributed by atoms with Gasteiger partial charge in [0.15, 0.2) is 5.82 Å². The fourth-order valence-electron chi connectivity index (χ4n) is 2.92. The fraction of sp³-hybridized carbons (Fsp3) is 0.353. The standard InChI is InChI=1S/C17H18F2N4O2/c1-22-8-6-20-15(17(22)25)23-7-2-3-12(10-23)21-16(24)13-9-11(18)4-5-14(13)19/h4-6,8-9,12H,2-3,7,10H2,1H3,(H,21,24). The van der Waals surface area contributed by atoms with Crippen molar-refractivity contribution in [3.63, 3.8) is 0 Å². The largest absolute Gasteiger partial charge is 0.350 e. The molecule has 1 aromatic heterocycles. The van der Waals surface area contributed by atoms with E-state index in [0.29, 0.717) is 25.3 Å². The minimum atomic E-state index is -0.773. The lowest BCUT2D eigenvalue weighted by atomic mass is 10.0. The average Bonchev–Trinajstić information content (AvgIpc) is 2.59. The number of anilines is 1. The molecule has 132 valence electrons. The number of aromatic nitrogens is 2. The lowest BCUT2D eigenvalue weighted by molar-refractivity contribution is 0.0928. The molecule has 25 heavy (non-hydrogen) atoms. The van der Waals surface area contributed by atoms with Crippen LogP contribution in [0.1, 0.15) is 23.2 Å². The number of carbonyl (C=O) groups excluding carboxylic acids is 1. The number of aryl methyl sites for hydroxylation is 1. The molecule has 1 saturated heterocycles. The monoisotopic (exact) mass is 348 g/mol. The first kappa shape index (κ1) is 17.1. The Morgan fingerprint density at radius 3 is 2.96 bits per heavy atom. The van der Waals surface area contributed by atoms with Gasteiger partial charge >= 0.3 is 0 Å². The maximum atomic E-state index is 13.7. The molecule has 1 amide bonds. The van der Waals surface area contributed by atoms with Crippen LogP contribution in [0.25, 0.3) is 0 Å². The predicted molar refractivity (Wildman–Crippen MR) is 88.5 cm³/mol. The first-order chi connectivity index (χ1) is 12.0. The van der Waals surface area contributed by atoms with E-state index in [2.05, 4.69) is 10.3 Å². The zero-order valence-corrected chi connectivity index (χ0v) is 13.7. The highest BCUT2D eigenvalue weighted by Crippen LogP contribution is 2.16. The summed E-state index contributed by atoms with van der Waals surface area (Å²) in [5, 5.41) is 2.71. The number of halogens is 2. The van der Waals surface area contributed by atoms with Gasteiger partial charge in [0.2, 0.25) is 0 Å². The van der Waals surface area contributed by atoms with E-state index in [0.717, 1.165) is 24.6 Å². The van der Waals surface area contributed by atoms with Crippen LogP contribution in [-0.4, -0.2) is 34.6 Å². The summed E-state index contributed by atoms with van der Waals surface area (Å²) in [7, 11) is 1.64. The molecular formula is C17H18F2N4O2. The van der Waals surface area contributed by atoms with Crippen LogP contribution in [0.5, 0.6) is 0 Å². The number of amides is 1. The van der Waals surface area contributed by atoms with Crippen molar-refractivity contribution in [2.75, 3.05) is 18.0 Å². The molecule has 1 aliphatic rings. The normalized spacial score (nSPS) is 17.4. The van der Waals surface area contributed by atoms with E-state index in [1.165, 1.54) is 4.57 Å². The van der Waals surface area contributed by atoms with Crippen molar-refractivity contribution in [1.82, 2.24) is 14.9 Å². The minimum absolute atomic E-state index is 0.217. The third-order valence-corrected chi connectivity index (χ3v) is 4.23. The first-order valence-electron chi connectivity index (χ1n) is 7.98. The van der Waals surface area contributed by atoms with Crippen molar-refractivity contribution >= 4 is 11.7 Å². The summed E-state index contributed by atoms with van der Waals surface area (Å²) in [5.74, 6) is -1.79. The average molecular weight is 348 g/mol. The summed E-state index contributed by atoms with van der Waals surface area (Å²) in [4.78, 5) is 30.3. The Morgan fingerprint density at radius 1 is 1.36 bits per heavy atom. The number of carbonyl (C=O) groups is 1. The maximum Gasteiger partial charge on any atom is 0.293 e. The molecule has 6 nitrogen and oxygen atoms in total. The predicted octanol–water partition coefficient (Wildman–Crippen LogP) is 1.46. The zero-order chi connectivity index (χ0) is 18.0. The molecule has 1 aromatic carbocycles. The lowest BCUT2D eigenvalue weighted by Gasteiger charge is -2.33. The molecule has 1 atom stereocenters. The molecule has 1 N–H and O–H groups in total. The van der Waals surface area contributed by atoms with E-state index in [-0.39, 0.29) is 17.2 Å². The van der Waals surface area contributed by atoms with E-state index < -0.39 is 17.5 Å². The molecule has 0 bridgehead atoms. The van der Waals surface area contributed by atoms with Crippen LogP contribution >= 0.6 is 0 Å². The zero-order valence-electron chi connectivity index (χ0n) is 13.7. The van der Waals surface area contributed by atoms with Gasteiger partial charge in [-0.05, 0) is 31.0 Å². The van der Waals surface area contributed by atoms with Gasteiger partial charge in [-0.15, -0.1) is 0 Å². The van der Waals surface area contributed by atoms with Crippen LogP contribution in [0.15, 0.2) is 35.4 Å². The van der Waals surface area contributed by atoms with Crippen LogP contribution in [0.2, 0.25) is 0 Å². The molecule has 8 heteroatoms. The van der Waals surface area contributed by atoms with E-state index in [1.54, 1.807) is 24.3 Å². The van der Waals surface area contributed by atoms with Crippen molar-refractivity contribution in [1.29, 1.82) is 0 Å². The molecule has 1 aliphatic heterocycles. The summed E-state index contributed by atoms with van der Waals surface area (Å²) in [5.41, 5.74) is -0.545. The van der Waals surface area contributed by atoms with Gasteiger partial charge in [-0.2, -0.15) is 0 Å². The fourth-order valence-corrected chi connectivity index (χ4v) is 2.92. The van der Waals surface area contributed by atoms with Crippen LogP contribution in [0, 0.1) is 11.6 Å². The maximum absolute atomic E-state index is 13.7. The smallest absolute Gasteiger partial charge is 0.293 e. The van der Waals surface area contributed by atoms with E-state index in [9.17, 15) is 18.4 Å². The Balaban J connectivity index is 1.73. The van der Waals surface area contributed by atoms with Crippen molar-refractivity contribution in [3.05, 3.63) is 58.1 Å². The Labute approximate surface area is 143 Å². The summed E-state index contributed by atoms with van der Waals surface area (Å²) < 4.78 is 28.4. The lowest BCUT2D eigenvalue weighted by Crippen LogP contribution is -2.49. The van der Waals surface area contributed by atoms with Crippen molar-refractivity contribution in [2.45, 2.75) is 18.9 Å². The number of hydrogen-bond acceptors (Lipinski definition) is 4. The van der Waals surface area contributed by atoms with Gasteiger partial charge in [0.05, 0.1) is 5.56 Å². The van der Waals surface area contributed by atoms with Crippen LogP contribution < -0.4 is 15.8 Å². The van der Waals surface area contributed by atoms with Crippen LogP contribution in [0.4, 0.5) is 14.6 Å². The third-order valence-electron chi connectivity index (χ3n) is 4.23. The van der Waals surface area contributed by atoms with Gasteiger partial charge in [0, 0.05) is 38.6 Å². The summed E-state index contributed by atoms with van der Waals surface area (Å²) in [6, 6.07) is 2.48. The van der Waals surface area contributed by atoms with Crippen LogP contribution in [0.3, 0.4) is 0 Å². The second-order valence-corrected chi connectivity index (χ2v) is 6.05. The number of hydrogen-bond donors (Lipinski definition) is 1. The number of rotatable bonds is 3. The van der Waals surface area contributed by atoms with Crippen molar-refractivity contribution < 1.29 is 13.6 Å². The Hall–Kier alpha value is -2.77. The van der Waals surface area contributed by atoms with E-state index in [4.69, 9.17) is 0 Å². The SMILES string of the molecule is Cn1ccnc(N2CCCC(NC(=O)c3cc(F)ccc3F)C2)c1=O. The molecule has 2 heterocycles. The number of piperidine rings is 1. The van der Waals surface area contributed by atoms with Crippen molar-refractivity contribution in [3.8, 4) is 0 Å². The third kappa shape index (κ3) is 3.67.